The van der Waals surface area contributed by atoms with E-state index in [1.165, 1.54) is 24.1 Å². The topological polar surface area (TPSA) is 88.1 Å². The molecule has 0 aromatic heterocycles. The third-order valence-corrected chi connectivity index (χ3v) is 5.78. The van der Waals surface area contributed by atoms with Crippen molar-refractivity contribution in [2.75, 3.05) is 30.6 Å². The van der Waals surface area contributed by atoms with E-state index in [0.29, 0.717) is 6.42 Å². The van der Waals surface area contributed by atoms with Crippen molar-refractivity contribution in [3.05, 3.63) is 29.8 Å². The zero-order valence-corrected chi connectivity index (χ0v) is 15.6. The van der Waals surface area contributed by atoms with Crippen LogP contribution < -0.4 is 5.43 Å². The van der Waals surface area contributed by atoms with Crippen LogP contribution in [0.25, 0.3) is 0 Å². The number of halogens is 3. The standard InChI is InChI=1S/C16H20F3N3O4S/c1-3-26-15(23)14(22(2)13-7-8-27(24,25)10-13)21-20-12-6-4-5-11(9-12)16(17,18)19/h4-6,9,13,20H,3,7-8,10H2,1-2H3/b21-14-/t13-/m1/s1. The predicted molar refractivity (Wildman–Crippen MR) is 94.0 cm³/mol. The molecule has 7 nitrogen and oxygen atoms in total. The minimum atomic E-state index is -4.51. The Hall–Kier alpha value is -2.30. The third kappa shape index (κ3) is 5.59. The van der Waals surface area contributed by atoms with Gasteiger partial charge < -0.3 is 9.64 Å². The molecule has 1 aromatic carbocycles. The number of amidine groups is 1. The van der Waals surface area contributed by atoms with Gasteiger partial charge in [-0.15, -0.1) is 5.10 Å². The minimum Gasteiger partial charge on any atom is -0.460 e. The van der Waals surface area contributed by atoms with E-state index in [1.54, 1.807) is 6.92 Å². The second kappa shape index (κ2) is 8.15. The number of anilines is 1. The fourth-order valence-electron chi connectivity index (χ4n) is 2.60. The van der Waals surface area contributed by atoms with E-state index in [4.69, 9.17) is 4.74 Å². The number of benzene rings is 1. The van der Waals surface area contributed by atoms with Crippen LogP contribution in [-0.2, 0) is 25.5 Å². The molecule has 1 N–H and O–H groups in total. The number of hydrogen-bond acceptors (Lipinski definition) is 6. The summed E-state index contributed by atoms with van der Waals surface area (Å²) in [4.78, 5) is 13.6. The fraction of sp³-hybridized carbons (Fsp3) is 0.500. The zero-order chi connectivity index (χ0) is 20.2. The summed E-state index contributed by atoms with van der Waals surface area (Å²) in [7, 11) is -1.70. The summed E-state index contributed by atoms with van der Waals surface area (Å²) in [6.45, 7) is 1.66. The Balaban J connectivity index is 2.25. The Bertz CT molecular complexity index is 824. The number of rotatable bonds is 4. The van der Waals surface area contributed by atoms with Crippen LogP contribution in [0, 0.1) is 0 Å². The zero-order valence-electron chi connectivity index (χ0n) is 14.8. The highest BCUT2D eigenvalue weighted by atomic mass is 32.2. The maximum absolute atomic E-state index is 12.8. The van der Waals surface area contributed by atoms with E-state index in [-0.39, 0.29) is 29.6 Å². The fourth-order valence-corrected chi connectivity index (χ4v) is 4.37. The number of alkyl halides is 3. The molecular weight excluding hydrogens is 387 g/mol. The van der Waals surface area contributed by atoms with Crippen LogP contribution in [0.3, 0.4) is 0 Å². The van der Waals surface area contributed by atoms with Crippen molar-refractivity contribution in [1.82, 2.24) is 4.90 Å². The van der Waals surface area contributed by atoms with E-state index in [9.17, 15) is 26.4 Å². The Labute approximate surface area is 155 Å². The van der Waals surface area contributed by atoms with Crippen LogP contribution in [0.15, 0.2) is 29.4 Å². The average molecular weight is 407 g/mol. The molecule has 0 saturated carbocycles. The van der Waals surface area contributed by atoms with Crippen molar-refractivity contribution in [2.45, 2.75) is 25.6 Å². The van der Waals surface area contributed by atoms with E-state index in [0.717, 1.165) is 12.1 Å². The van der Waals surface area contributed by atoms with Crippen LogP contribution in [0.1, 0.15) is 18.9 Å². The van der Waals surface area contributed by atoms with Crippen LogP contribution in [0.4, 0.5) is 18.9 Å². The summed E-state index contributed by atoms with van der Waals surface area (Å²) in [5.74, 6) is -1.15. The lowest BCUT2D eigenvalue weighted by Crippen LogP contribution is -2.43. The van der Waals surface area contributed by atoms with Crippen molar-refractivity contribution in [1.29, 1.82) is 0 Å². The van der Waals surface area contributed by atoms with Gasteiger partial charge in [0.1, 0.15) is 0 Å². The number of nitrogens with one attached hydrogen (secondary N) is 1. The molecule has 0 amide bonds. The number of esters is 1. The molecule has 0 bridgehead atoms. The number of hydrazone groups is 1. The number of ether oxygens (including phenoxy) is 1. The van der Waals surface area contributed by atoms with Crippen LogP contribution in [-0.4, -0.2) is 56.3 Å². The number of carbonyl (C=O) groups is 1. The first-order valence-corrected chi connectivity index (χ1v) is 9.97. The first-order chi connectivity index (χ1) is 12.5. The maximum atomic E-state index is 12.8. The molecule has 1 aliphatic rings. The number of carbonyl (C=O) groups excluding carboxylic acids is 1. The van der Waals surface area contributed by atoms with Gasteiger partial charge in [-0.25, -0.2) is 13.2 Å². The molecule has 1 aromatic rings. The molecule has 1 saturated heterocycles. The lowest BCUT2D eigenvalue weighted by atomic mass is 10.2. The highest BCUT2D eigenvalue weighted by Gasteiger charge is 2.34. The van der Waals surface area contributed by atoms with Crippen molar-refractivity contribution < 1.29 is 31.1 Å². The van der Waals surface area contributed by atoms with Crippen molar-refractivity contribution >= 4 is 27.3 Å². The second-order valence-electron chi connectivity index (χ2n) is 6.01. The van der Waals surface area contributed by atoms with Gasteiger partial charge >= 0.3 is 12.1 Å². The Morgan fingerprint density at radius 2 is 2.11 bits per heavy atom. The van der Waals surface area contributed by atoms with Gasteiger partial charge in [-0.05, 0) is 31.5 Å². The molecule has 1 fully saturated rings. The molecule has 150 valence electrons. The van der Waals surface area contributed by atoms with Crippen LogP contribution in [0.2, 0.25) is 0 Å². The van der Waals surface area contributed by atoms with Gasteiger partial charge in [0.2, 0.25) is 5.84 Å². The molecule has 11 heteroatoms. The van der Waals surface area contributed by atoms with Gasteiger partial charge in [-0.3, -0.25) is 5.43 Å². The average Bonchev–Trinajstić information content (AvgIpc) is 2.94. The largest absolute Gasteiger partial charge is 0.460 e. The SMILES string of the molecule is CCOC(=O)/C(=N/Nc1cccc(C(F)(F)F)c1)N(C)[C@@H]1CCS(=O)(=O)C1. The molecule has 0 radical (unpaired) electrons. The number of sulfone groups is 1. The Morgan fingerprint density at radius 3 is 2.67 bits per heavy atom. The van der Waals surface area contributed by atoms with Gasteiger partial charge in [0.15, 0.2) is 9.84 Å². The summed E-state index contributed by atoms with van der Waals surface area (Å²) in [5.41, 5.74) is 1.58. The molecule has 27 heavy (non-hydrogen) atoms. The predicted octanol–water partition coefficient (Wildman–Crippen LogP) is 2.11. The summed E-state index contributed by atoms with van der Waals surface area (Å²) in [6.07, 6.45) is -4.19. The summed E-state index contributed by atoms with van der Waals surface area (Å²) in [5, 5.41) is 3.88. The maximum Gasteiger partial charge on any atom is 0.416 e. The molecule has 1 atom stereocenters. The molecule has 0 aliphatic carbocycles. The van der Waals surface area contributed by atoms with Crippen molar-refractivity contribution in [3.63, 3.8) is 0 Å². The lowest BCUT2D eigenvalue weighted by molar-refractivity contribution is -0.138. The Kier molecular flexibility index (Phi) is 6.34. The third-order valence-electron chi connectivity index (χ3n) is 4.03. The molecule has 1 aliphatic heterocycles. The quantitative estimate of drug-likeness (QED) is 0.356. The number of likely N-dealkylation sites (N-methyl/N-ethyl adjacent to an activating group) is 1. The number of nitrogens with zero attached hydrogens (tertiary/aromatic N) is 2. The van der Waals surface area contributed by atoms with Crippen molar-refractivity contribution in [2.24, 2.45) is 5.10 Å². The lowest BCUT2D eigenvalue weighted by Gasteiger charge is -2.25. The molecule has 2 rings (SSSR count). The highest BCUT2D eigenvalue weighted by molar-refractivity contribution is 7.91. The minimum absolute atomic E-state index is 0.000825. The van der Waals surface area contributed by atoms with Gasteiger partial charge in [0, 0.05) is 13.1 Å². The Morgan fingerprint density at radius 1 is 1.41 bits per heavy atom. The monoisotopic (exact) mass is 407 g/mol. The summed E-state index contributed by atoms with van der Waals surface area (Å²) < 4.78 is 66.7. The second-order valence-corrected chi connectivity index (χ2v) is 8.24. The molecule has 0 unspecified atom stereocenters. The first-order valence-electron chi connectivity index (χ1n) is 8.15. The van der Waals surface area contributed by atoms with Gasteiger partial charge in [-0.2, -0.15) is 13.2 Å². The van der Waals surface area contributed by atoms with Crippen molar-refractivity contribution in [3.8, 4) is 0 Å². The van der Waals surface area contributed by atoms with E-state index >= 15 is 0 Å². The summed E-state index contributed by atoms with van der Waals surface area (Å²) >= 11 is 0. The number of hydrogen-bond donors (Lipinski definition) is 1. The molecular formula is C16H20F3N3O4S. The first kappa shape index (κ1) is 21.0. The van der Waals surface area contributed by atoms with E-state index < -0.39 is 33.6 Å². The van der Waals surface area contributed by atoms with Crippen LogP contribution >= 0.6 is 0 Å². The van der Waals surface area contributed by atoms with Crippen LogP contribution in [0.5, 0.6) is 0 Å². The normalized spacial score (nSPS) is 19.6. The van der Waals surface area contributed by atoms with E-state index in [1.807, 2.05) is 0 Å². The van der Waals surface area contributed by atoms with Gasteiger partial charge in [-0.1, -0.05) is 6.07 Å². The highest BCUT2D eigenvalue weighted by Crippen LogP contribution is 2.30. The van der Waals surface area contributed by atoms with Gasteiger partial charge in [0.05, 0.1) is 29.4 Å². The smallest absolute Gasteiger partial charge is 0.416 e. The summed E-state index contributed by atoms with van der Waals surface area (Å²) in [6, 6.07) is 3.86. The molecule has 0 spiro atoms. The molecule has 1 heterocycles. The van der Waals surface area contributed by atoms with Gasteiger partial charge in [0.25, 0.3) is 0 Å². The van der Waals surface area contributed by atoms with E-state index in [2.05, 4.69) is 10.5 Å².